The number of amides is 2. The van der Waals surface area contributed by atoms with Gasteiger partial charge in [0.05, 0.1) is 0 Å². The number of unbranched alkanes of at least 4 members (excludes halogenated alkanes) is 2. The molecule has 0 unspecified atom stereocenters. The van der Waals surface area contributed by atoms with Gasteiger partial charge in [-0.3, -0.25) is 14.4 Å². The predicted molar refractivity (Wildman–Crippen MR) is 191 cm³/mol. The third-order valence-electron chi connectivity index (χ3n) is 9.27. The Hall–Kier alpha value is -4.52. The minimum atomic E-state index is -0.336. The maximum absolute atomic E-state index is 13.2. The molecule has 2 aromatic carbocycles. The standard InChI is InChI=1S/C41H49N3O4/c1-4-12-30(25-34-17-10-8-13-29(34)2)15-9-11-16-32-19-22-35(27-36(32)42-40(47)37-28-48-41(43-37)33-20-21-33)38(45)18-7-5-6-14-31-23-24-44(3)39(46)26-31/h7-8,10,13,15,17-19,22,26-28,33H,4-6,9,11-12,14,16,20-21,23-25H2,1-3H3,(H,42,47)/b18-7+,30-15+. The number of ketones is 1. The van der Waals surface area contributed by atoms with Gasteiger partial charge in [0.2, 0.25) is 5.91 Å². The van der Waals surface area contributed by atoms with E-state index in [4.69, 9.17) is 4.42 Å². The van der Waals surface area contributed by atoms with Gasteiger partial charge in [-0.15, -0.1) is 0 Å². The smallest absolute Gasteiger partial charge is 0.277 e. The number of hydrogen-bond acceptors (Lipinski definition) is 5. The largest absolute Gasteiger partial charge is 0.448 e. The van der Waals surface area contributed by atoms with Crippen molar-refractivity contribution in [2.24, 2.45) is 0 Å². The Morgan fingerprint density at radius 3 is 2.65 bits per heavy atom. The van der Waals surface area contributed by atoms with Crippen molar-refractivity contribution < 1.29 is 18.8 Å². The van der Waals surface area contributed by atoms with Crippen LogP contribution in [0.2, 0.25) is 0 Å². The Morgan fingerprint density at radius 1 is 1.06 bits per heavy atom. The molecule has 0 atom stereocenters. The third-order valence-corrected chi connectivity index (χ3v) is 9.27. The Labute approximate surface area is 285 Å². The van der Waals surface area contributed by atoms with Crippen LogP contribution < -0.4 is 5.32 Å². The van der Waals surface area contributed by atoms with Crippen molar-refractivity contribution in [2.45, 2.75) is 96.8 Å². The molecule has 2 aliphatic rings. The Bertz CT molecular complexity index is 1690. The molecule has 0 bridgehead atoms. The number of nitrogens with one attached hydrogen (secondary N) is 1. The average Bonchev–Trinajstić information content (AvgIpc) is 3.81. The van der Waals surface area contributed by atoms with Gasteiger partial charge < -0.3 is 14.6 Å². The van der Waals surface area contributed by atoms with Crippen LogP contribution in [-0.4, -0.2) is 41.1 Å². The molecule has 1 N–H and O–H groups in total. The number of anilines is 1. The molecule has 0 saturated heterocycles. The first-order valence-electron chi connectivity index (χ1n) is 17.6. The van der Waals surface area contributed by atoms with E-state index in [1.54, 1.807) is 23.1 Å². The molecule has 252 valence electrons. The lowest BCUT2D eigenvalue weighted by Gasteiger charge is -2.21. The van der Waals surface area contributed by atoms with Crippen LogP contribution in [0.5, 0.6) is 0 Å². The van der Waals surface area contributed by atoms with Crippen LogP contribution in [0, 0.1) is 6.92 Å². The second-order valence-corrected chi connectivity index (χ2v) is 13.3. The van der Waals surface area contributed by atoms with E-state index in [0.29, 0.717) is 23.1 Å². The van der Waals surface area contributed by atoms with Crippen LogP contribution in [0.1, 0.15) is 120 Å². The summed E-state index contributed by atoms with van der Waals surface area (Å²) in [6.07, 6.45) is 20.3. The van der Waals surface area contributed by atoms with Gasteiger partial charge in [0.25, 0.3) is 5.91 Å². The van der Waals surface area contributed by atoms with Crippen LogP contribution in [0.15, 0.2) is 88.6 Å². The zero-order valence-electron chi connectivity index (χ0n) is 28.7. The zero-order chi connectivity index (χ0) is 33.9. The lowest BCUT2D eigenvalue weighted by Crippen LogP contribution is -2.29. The molecule has 1 fully saturated rings. The van der Waals surface area contributed by atoms with E-state index in [1.807, 2.05) is 25.3 Å². The highest BCUT2D eigenvalue weighted by Crippen LogP contribution is 2.39. The molecule has 1 aromatic heterocycles. The minimum absolute atomic E-state index is 0.0658. The van der Waals surface area contributed by atoms with Crippen molar-refractivity contribution in [3.63, 3.8) is 0 Å². The van der Waals surface area contributed by atoms with Crippen LogP contribution in [0.4, 0.5) is 5.69 Å². The number of allylic oxidation sites excluding steroid dienone is 4. The molecule has 2 heterocycles. The maximum Gasteiger partial charge on any atom is 0.277 e. The normalized spacial score (nSPS) is 15.2. The van der Waals surface area contributed by atoms with Gasteiger partial charge >= 0.3 is 0 Å². The van der Waals surface area contributed by atoms with Gasteiger partial charge in [-0.2, -0.15) is 0 Å². The summed E-state index contributed by atoms with van der Waals surface area (Å²) >= 11 is 0. The monoisotopic (exact) mass is 647 g/mol. The molecular weight excluding hydrogens is 598 g/mol. The molecule has 7 nitrogen and oxygen atoms in total. The predicted octanol–water partition coefficient (Wildman–Crippen LogP) is 9.10. The molecule has 48 heavy (non-hydrogen) atoms. The quantitative estimate of drug-likeness (QED) is 0.0683. The number of hydrogen-bond donors (Lipinski definition) is 1. The summed E-state index contributed by atoms with van der Waals surface area (Å²) in [5, 5.41) is 3.03. The molecule has 3 aromatic rings. The van der Waals surface area contributed by atoms with E-state index >= 15 is 0 Å². The minimum Gasteiger partial charge on any atom is -0.448 e. The molecule has 1 saturated carbocycles. The number of likely N-dealkylation sites (N-methyl/N-ethyl adjacent to an activating group) is 1. The van der Waals surface area contributed by atoms with E-state index in [2.05, 4.69) is 54.5 Å². The number of aryl methyl sites for hydroxylation is 2. The van der Waals surface area contributed by atoms with E-state index in [9.17, 15) is 14.4 Å². The number of rotatable bonds is 17. The number of carbonyl (C=O) groups excluding carboxylic acids is 3. The molecular formula is C41H49N3O4. The Kier molecular flexibility index (Phi) is 12.4. The maximum atomic E-state index is 13.2. The van der Waals surface area contributed by atoms with Gasteiger partial charge in [-0.1, -0.05) is 73.0 Å². The Morgan fingerprint density at radius 2 is 1.88 bits per heavy atom. The molecule has 7 heteroatoms. The second-order valence-electron chi connectivity index (χ2n) is 13.3. The summed E-state index contributed by atoms with van der Waals surface area (Å²) in [5.41, 5.74) is 7.73. The van der Waals surface area contributed by atoms with Crippen LogP contribution in [-0.2, 0) is 17.6 Å². The summed E-state index contributed by atoms with van der Waals surface area (Å²) in [4.78, 5) is 44.5. The highest BCUT2D eigenvalue weighted by molar-refractivity contribution is 6.07. The highest BCUT2D eigenvalue weighted by atomic mass is 16.3. The fraction of sp³-hybridized carbons (Fsp3) is 0.415. The number of aromatic nitrogens is 1. The second kappa shape index (κ2) is 17.0. The van der Waals surface area contributed by atoms with Crippen molar-refractivity contribution in [3.05, 3.63) is 118 Å². The SMILES string of the molecule is CCC/C(=C\CCCc1ccc(C(=O)/C=C/CCCC2=CC(=O)N(C)CC2)cc1NC(=O)c1coc(C2CC2)n1)Cc1ccccc1C. The summed E-state index contributed by atoms with van der Waals surface area (Å²) in [7, 11) is 1.82. The van der Waals surface area contributed by atoms with Gasteiger partial charge in [-0.25, -0.2) is 4.98 Å². The lowest BCUT2D eigenvalue weighted by molar-refractivity contribution is -0.125. The van der Waals surface area contributed by atoms with E-state index in [-0.39, 0.29) is 23.3 Å². The summed E-state index contributed by atoms with van der Waals surface area (Å²) in [6.45, 7) is 5.15. The van der Waals surface area contributed by atoms with Gasteiger partial charge in [0, 0.05) is 36.8 Å². The van der Waals surface area contributed by atoms with E-state index in [0.717, 1.165) is 89.2 Å². The fourth-order valence-corrected chi connectivity index (χ4v) is 6.10. The molecule has 0 spiro atoms. The molecule has 2 amide bonds. The van der Waals surface area contributed by atoms with Gasteiger partial charge in [0.1, 0.15) is 6.26 Å². The van der Waals surface area contributed by atoms with Crippen molar-refractivity contribution in [1.29, 1.82) is 0 Å². The number of carbonyl (C=O) groups is 3. The van der Waals surface area contributed by atoms with Crippen molar-refractivity contribution in [1.82, 2.24) is 9.88 Å². The van der Waals surface area contributed by atoms with Crippen molar-refractivity contribution in [3.8, 4) is 0 Å². The molecule has 0 radical (unpaired) electrons. The average molecular weight is 648 g/mol. The molecule has 1 aliphatic heterocycles. The van der Waals surface area contributed by atoms with Crippen molar-refractivity contribution >= 4 is 23.3 Å². The topological polar surface area (TPSA) is 92.5 Å². The number of benzene rings is 2. The lowest BCUT2D eigenvalue weighted by atomic mass is 9.96. The number of oxazole rings is 1. The molecule has 1 aliphatic carbocycles. The zero-order valence-corrected chi connectivity index (χ0v) is 28.7. The first-order valence-corrected chi connectivity index (χ1v) is 17.6. The third kappa shape index (κ3) is 9.99. The summed E-state index contributed by atoms with van der Waals surface area (Å²) in [5.74, 6) is 0.558. The molecule has 5 rings (SSSR count). The van der Waals surface area contributed by atoms with Crippen LogP contribution in [0.3, 0.4) is 0 Å². The van der Waals surface area contributed by atoms with Crippen molar-refractivity contribution in [2.75, 3.05) is 18.9 Å². The fourth-order valence-electron chi connectivity index (χ4n) is 6.10. The van der Waals surface area contributed by atoms with Crippen LogP contribution >= 0.6 is 0 Å². The van der Waals surface area contributed by atoms with Crippen LogP contribution in [0.25, 0.3) is 0 Å². The highest BCUT2D eigenvalue weighted by Gasteiger charge is 2.29. The van der Waals surface area contributed by atoms with E-state index in [1.165, 1.54) is 28.5 Å². The number of nitrogens with zero attached hydrogens (tertiary/aromatic N) is 2. The first kappa shape index (κ1) is 34.8. The van der Waals surface area contributed by atoms with E-state index < -0.39 is 0 Å². The van der Waals surface area contributed by atoms with Gasteiger partial charge in [0.15, 0.2) is 17.4 Å². The first-order chi connectivity index (χ1) is 23.3. The Balaban J connectivity index is 1.23. The summed E-state index contributed by atoms with van der Waals surface area (Å²) in [6, 6.07) is 14.2. The van der Waals surface area contributed by atoms with Gasteiger partial charge in [-0.05, 0) is 106 Å². The summed E-state index contributed by atoms with van der Waals surface area (Å²) < 4.78 is 5.56.